The molecule has 42 heavy (non-hydrogen) atoms. The molecule has 2 aromatic carbocycles. The van der Waals surface area contributed by atoms with Crippen molar-refractivity contribution < 1.29 is 19.5 Å². The summed E-state index contributed by atoms with van der Waals surface area (Å²) in [5.74, 6) is -0.0211. The largest absolute Gasteiger partial charge is 0.393 e. The normalized spacial score (nSPS) is 34.9. The van der Waals surface area contributed by atoms with Crippen molar-refractivity contribution in [2.45, 2.75) is 70.6 Å². The maximum Gasteiger partial charge on any atom is 0.243 e. The summed E-state index contributed by atoms with van der Waals surface area (Å²) in [5.41, 5.74) is 5.81. The molecular weight excluding hydrogens is 531 g/mol. The standard InChI is InChI=1S/C34H39FN4O3/c1-32-17-22-20-37-39(25-11-9-24(35)10-12-25)28(22)16-23(32)8-13-26-27-14-15-34(38-42,33(27,2)18-29(40)30(26)32)31(41)36-19-21-6-4-3-5-7-21/h3-7,9-12,16,20,26-27,29-30,38,40,42H,8,13-15,17-19H2,1-2H3,(H,36,41)/t26?,27?,29-,30?,32?,33?,34?/m0/s1. The van der Waals surface area contributed by atoms with Gasteiger partial charge in [0.25, 0.3) is 0 Å². The SMILES string of the molecule is CC12Cc3cnn(-c4ccc(F)cc4)c3C=C1CCC1C2[C@@H](O)CC2(C)C1CCC2(NO)C(=O)NCc1ccccc1. The topological polar surface area (TPSA) is 99.4 Å². The maximum atomic E-state index is 13.8. The van der Waals surface area contributed by atoms with E-state index in [1.807, 2.05) is 41.2 Å². The number of allylic oxidation sites excluding steroid dienone is 1. The molecule has 0 radical (unpaired) electrons. The minimum absolute atomic E-state index is 0.0415. The van der Waals surface area contributed by atoms with Crippen LogP contribution in [0.1, 0.15) is 62.8 Å². The third kappa shape index (κ3) is 3.88. The van der Waals surface area contributed by atoms with Crippen molar-refractivity contribution in [2.24, 2.45) is 28.6 Å². The molecule has 7 rings (SSSR count). The lowest BCUT2D eigenvalue weighted by molar-refractivity contribution is -0.162. The number of aliphatic hydroxyl groups excluding tert-OH is 1. The lowest BCUT2D eigenvalue weighted by Gasteiger charge is -2.60. The number of aromatic nitrogens is 2. The van der Waals surface area contributed by atoms with E-state index in [0.29, 0.717) is 19.4 Å². The molecule has 0 saturated heterocycles. The number of nitrogens with one attached hydrogen (secondary N) is 2. The molecular formula is C34H39FN4O3. The van der Waals surface area contributed by atoms with Crippen LogP contribution >= 0.6 is 0 Å². The van der Waals surface area contributed by atoms with Gasteiger partial charge < -0.3 is 15.6 Å². The first kappa shape index (κ1) is 27.5. The van der Waals surface area contributed by atoms with Crippen molar-refractivity contribution in [1.29, 1.82) is 0 Å². The lowest BCUT2D eigenvalue weighted by Crippen LogP contribution is -2.68. The third-order valence-corrected chi connectivity index (χ3v) is 11.6. The molecule has 7 nitrogen and oxygen atoms in total. The molecule has 6 unspecified atom stereocenters. The number of aliphatic hydroxyl groups is 1. The molecule has 3 saturated carbocycles. The maximum absolute atomic E-state index is 13.8. The van der Waals surface area contributed by atoms with E-state index in [-0.39, 0.29) is 34.9 Å². The van der Waals surface area contributed by atoms with Crippen molar-refractivity contribution >= 4 is 12.0 Å². The molecule has 1 amide bonds. The van der Waals surface area contributed by atoms with Gasteiger partial charge in [0, 0.05) is 12.0 Å². The average Bonchev–Trinajstić information content (AvgIpc) is 3.52. The highest BCUT2D eigenvalue weighted by Crippen LogP contribution is 2.67. The lowest BCUT2D eigenvalue weighted by atomic mass is 9.45. The zero-order valence-corrected chi connectivity index (χ0v) is 24.2. The van der Waals surface area contributed by atoms with Gasteiger partial charge in [0.15, 0.2) is 0 Å². The van der Waals surface area contributed by atoms with Crippen LogP contribution in [0, 0.1) is 34.4 Å². The highest BCUT2D eigenvalue weighted by molar-refractivity contribution is 5.88. The van der Waals surface area contributed by atoms with E-state index < -0.39 is 17.1 Å². The fraction of sp³-hybridized carbons (Fsp3) is 0.471. The van der Waals surface area contributed by atoms with Gasteiger partial charge in [-0.1, -0.05) is 49.8 Å². The molecule has 0 aliphatic heterocycles. The van der Waals surface area contributed by atoms with Crippen molar-refractivity contribution in [3.05, 3.63) is 89.0 Å². The number of carbonyl (C=O) groups is 1. The van der Waals surface area contributed by atoms with E-state index in [4.69, 9.17) is 0 Å². The predicted octanol–water partition coefficient (Wildman–Crippen LogP) is 5.20. The summed E-state index contributed by atoms with van der Waals surface area (Å²) in [6.45, 7) is 4.77. The number of rotatable bonds is 5. The first-order chi connectivity index (χ1) is 20.2. The van der Waals surface area contributed by atoms with E-state index >= 15 is 0 Å². The Kier molecular flexibility index (Phi) is 6.46. The van der Waals surface area contributed by atoms with Gasteiger partial charge in [-0.3, -0.25) is 4.79 Å². The summed E-state index contributed by atoms with van der Waals surface area (Å²) in [4.78, 5) is 13.8. The van der Waals surface area contributed by atoms with Gasteiger partial charge in [-0.25, -0.2) is 9.07 Å². The number of carbonyl (C=O) groups excluding carboxylic acids is 1. The van der Waals surface area contributed by atoms with Crippen LogP contribution in [-0.2, 0) is 17.8 Å². The second-order valence-electron chi connectivity index (χ2n) is 13.5. The van der Waals surface area contributed by atoms with Crippen LogP contribution in [0.5, 0.6) is 0 Å². The van der Waals surface area contributed by atoms with Gasteiger partial charge in [0.2, 0.25) is 5.91 Å². The molecule has 4 aliphatic carbocycles. The second-order valence-corrected chi connectivity index (χ2v) is 13.5. The van der Waals surface area contributed by atoms with E-state index in [1.54, 1.807) is 12.1 Å². The molecule has 4 aliphatic rings. The van der Waals surface area contributed by atoms with Gasteiger partial charge in [0.1, 0.15) is 11.4 Å². The predicted molar refractivity (Wildman–Crippen MR) is 157 cm³/mol. The molecule has 7 atom stereocenters. The number of halogens is 1. The van der Waals surface area contributed by atoms with Crippen molar-refractivity contribution in [3.8, 4) is 5.69 Å². The molecule has 1 aromatic heterocycles. The summed E-state index contributed by atoms with van der Waals surface area (Å²) < 4.78 is 15.5. The molecule has 3 aromatic rings. The molecule has 220 valence electrons. The monoisotopic (exact) mass is 570 g/mol. The van der Waals surface area contributed by atoms with Gasteiger partial charge >= 0.3 is 0 Å². The first-order valence-electron chi connectivity index (χ1n) is 15.2. The van der Waals surface area contributed by atoms with Crippen LogP contribution in [0.3, 0.4) is 0 Å². The molecule has 1 heterocycles. The summed E-state index contributed by atoms with van der Waals surface area (Å²) in [7, 11) is 0. The van der Waals surface area contributed by atoms with Crippen LogP contribution in [0.2, 0.25) is 0 Å². The Balaban J connectivity index is 1.17. The molecule has 0 spiro atoms. The summed E-state index contributed by atoms with van der Waals surface area (Å²) in [6, 6.07) is 16.2. The zero-order valence-electron chi connectivity index (χ0n) is 24.2. The van der Waals surface area contributed by atoms with Crippen LogP contribution in [-0.4, -0.2) is 37.6 Å². The van der Waals surface area contributed by atoms with Gasteiger partial charge in [-0.05, 0) is 103 Å². The molecule has 8 heteroatoms. The number of benzene rings is 2. The van der Waals surface area contributed by atoms with Crippen LogP contribution in [0.25, 0.3) is 11.8 Å². The van der Waals surface area contributed by atoms with E-state index in [2.05, 4.69) is 35.8 Å². The van der Waals surface area contributed by atoms with Crippen molar-refractivity contribution in [1.82, 2.24) is 20.6 Å². The zero-order chi connectivity index (χ0) is 29.3. The third-order valence-electron chi connectivity index (χ3n) is 11.6. The fourth-order valence-electron chi connectivity index (χ4n) is 9.54. The van der Waals surface area contributed by atoms with Crippen molar-refractivity contribution in [3.63, 3.8) is 0 Å². The van der Waals surface area contributed by atoms with E-state index in [9.17, 15) is 19.5 Å². The van der Waals surface area contributed by atoms with E-state index in [1.165, 1.54) is 17.7 Å². The Morgan fingerprint density at radius 1 is 1.12 bits per heavy atom. The quantitative estimate of drug-likeness (QED) is 0.316. The second kappa shape index (κ2) is 9.86. The summed E-state index contributed by atoms with van der Waals surface area (Å²) >= 11 is 0. The highest BCUT2D eigenvalue weighted by Gasteiger charge is 2.69. The highest BCUT2D eigenvalue weighted by atomic mass is 19.1. The van der Waals surface area contributed by atoms with Crippen LogP contribution in [0.15, 0.2) is 66.4 Å². The molecule has 4 N–H and O–H groups in total. The number of hydrogen-bond donors (Lipinski definition) is 4. The Labute approximate surface area is 245 Å². The molecule has 0 bridgehead atoms. The number of nitrogens with zero attached hydrogens (tertiary/aromatic N) is 2. The summed E-state index contributed by atoms with van der Waals surface area (Å²) in [5, 5.41) is 30.3. The average molecular weight is 571 g/mol. The minimum atomic E-state index is -1.16. The number of fused-ring (bicyclic) bond motifs is 6. The Morgan fingerprint density at radius 3 is 2.62 bits per heavy atom. The van der Waals surface area contributed by atoms with E-state index in [0.717, 1.165) is 48.2 Å². The molecule has 3 fully saturated rings. The number of hydrogen-bond acceptors (Lipinski definition) is 5. The summed E-state index contributed by atoms with van der Waals surface area (Å²) in [6.07, 6.45) is 7.93. The Hall–Kier alpha value is -3.33. The van der Waals surface area contributed by atoms with Crippen molar-refractivity contribution in [2.75, 3.05) is 0 Å². The van der Waals surface area contributed by atoms with Gasteiger partial charge in [0.05, 0.1) is 23.7 Å². The number of amides is 1. The minimum Gasteiger partial charge on any atom is -0.393 e. The Morgan fingerprint density at radius 2 is 1.88 bits per heavy atom. The smallest absolute Gasteiger partial charge is 0.243 e. The fourth-order valence-corrected chi connectivity index (χ4v) is 9.54. The van der Waals surface area contributed by atoms with Crippen LogP contribution in [0.4, 0.5) is 4.39 Å². The number of hydroxylamine groups is 1. The first-order valence-corrected chi connectivity index (χ1v) is 15.2. The Bertz CT molecular complexity index is 1540. The van der Waals surface area contributed by atoms with Gasteiger partial charge in [-0.2, -0.15) is 10.6 Å². The van der Waals surface area contributed by atoms with Gasteiger partial charge in [-0.15, -0.1) is 0 Å². The van der Waals surface area contributed by atoms with Crippen LogP contribution < -0.4 is 10.8 Å².